The number of nitrogens with zero attached hydrogens (tertiary/aromatic N) is 3. The Balaban J connectivity index is 1.72. The van der Waals surface area contributed by atoms with E-state index in [1.54, 1.807) is 28.6 Å². The first-order valence-corrected chi connectivity index (χ1v) is 8.86. The quantitative estimate of drug-likeness (QED) is 0.281. The van der Waals surface area contributed by atoms with Crippen molar-refractivity contribution in [2.24, 2.45) is 0 Å². The van der Waals surface area contributed by atoms with Gasteiger partial charge in [0.05, 0.1) is 10.6 Å². The van der Waals surface area contributed by atoms with E-state index in [-0.39, 0.29) is 5.69 Å². The zero-order valence-electron chi connectivity index (χ0n) is 11.8. The van der Waals surface area contributed by atoms with E-state index >= 15 is 0 Å². The molecule has 0 unspecified atom stereocenters. The van der Waals surface area contributed by atoms with Crippen LogP contribution in [0.15, 0.2) is 58.9 Å². The Morgan fingerprint density at radius 1 is 1.17 bits per heavy atom. The van der Waals surface area contributed by atoms with Crippen molar-refractivity contribution in [1.82, 2.24) is 9.78 Å². The minimum Gasteiger partial charge on any atom is -0.258 e. The minimum atomic E-state index is -0.399. The molecule has 116 valence electrons. The van der Waals surface area contributed by atoms with Crippen LogP contribution in [0.1, 0.15) is 5.56 Å². The lowest BCUT2D eigenvalue weighted by Gasteiger charge is -2.00. The smallest absolute Gasteiger partial charge is 0.258 e. The van der Waals surface area contributed by atoms with Gasteiger partial charge in [0.1, 0.15) is 0 Å². The number of aromatic nitrogens is 2. The highest BCUT2D eigenvalue weighted by Crippen LogP contribution is 2.27. The third-order valence-corrected chi connectivity index (χ3v) is 5.48. The first kappa shape index (κ1) is 15.9. The summed E-state index contributed by atoms with van der Waals surface area (Å²) in [6.07, 6.45) is 0. The molecule has 0 bridgehead atoms. The Morgan fingerprint density at radius 3 is 2.52 bits per heavy atom. The van der Waals surface area contributed by atoms with Crippen LogP contribution in [-0.4, -0.2) is 14.7 Å². The first-order valence-electron chi connectivity index (χ1n) is 6.65. The van der Waals surface area contributed by atoms with Crippen LogP contribution in [0.25, 0.3) is 5.69 Å². The standard InChI is InChI=1S/C15H11N3O2S3/c19-18(20)13-8-6-11(7-9-13)10-22-14-16-17(15(21)23-14)12-4-2-1-3-5-12/h1-9H,10H2. The van der Waals surface area contributed by atoms with E-state index in [1.165, 1.54) is 23.5 Å². The van der Waals surface area contributed by atoms with Crippen LogP contribution >= 0.6 is 35.3 Å². The van der Waals surface area contributed by atoms with Crippen LogP contribution < -0.4 is 0 Å². The average molecular weight is 361 g/mol. The number of nitro benzene ring substituents is 1. The summed E-state index contributed by atoms with van der Waals surface area (Å²) in [4.78, 5) is 10.2. The molecule has 0 aliphatic carbocycles. The average Bonchev–Trinajstić information content (AvgIpc) is 2.95. The van der Waals surface area contributed by atoms with Crippen LogP contribution in [0.4, 0.5) is 5.69 Å². The Bertz CT molecular complexity index is 873. The van der Waals surface area contributed by atoms with Gasteiger partial charge in [-0.1, -0.05) is 53.4 Å². The summed E-state index contributed by atoms with van der Waals surface area (Å²) < 4.78 is 3.32. The lowest BCUT2D eigenvalue weighted by molar-refractivity contribution is -0.384. The van der Waals surface area contributed by atoms with Gasteiger partial charge in [-0.25, -0.2) is 4.68 Å². The Labute approximate surface area is 145 Å². The summed E-state index contributed by atoms with van der Waals surface area (Å²) in [6.45, 7) is 0. The fourth-order valence-electron chi connectivity index (χ4n) is 1.91. The number of thioether (sulfide) groups is 1. The summed E-state index contributed by atoms with van der Waals surface area (Å²) in [5.41, 5.74) is 2.05. The molecule has 0 aliphatic rings. The van der Waals surface area contributed by atoms with Crippen molar-refractivity contribution in [1.29, 1.82) is 0 Å². The van der Waals surface area contributed by atoms with E-state index in [0.717, 1.165) is 15.6 Å². The van der Waals surface area contributed by atoms with Crippen molar-refractivity contribution in [3.05, 3.63) is 74.2 Å². The fraction of sp³-hybridized carbons (Fsp3) is 0.0667. The van der Waals surface area contributed by atoms with Crippen molar-refractivity contribution in [2.75, 3.05) is 0 Å². The topological polar surface area (TPSA) is 61.0 Å². The van der Waals surface area contributed by atoms with Crippen LogP contribution in [-0.2, 0) is 5.75 Å². The van der Waals surface area contributed by atoms with E-state index in [0.29, 0.717) is 9.71 Å². The van der Waals surface area contributed by atoms with Crippen molar-refractivity contribution in [3.8, 4) is 5.69 Å². The number of rotatable bonds is 5. The van der Waals surface area contributed by atoms with Gasteiger partial charge >= 0.3 is 0 Å². The molecule has 0 atom stereocenters. The maximum Gasteiger partial charge on any atom is 0.269 e. The summed E-state index contributed by atoms with van der Waals surface area (Å²) in [5, 5.41) is 15.2. The molecule has 2 aromatic carbocycles. The molecule has 0 spiro atoms. The summed E-state index contributed by atoms with van der Waals surface area (Å²) >= 11 is 8.39. The van der Waals surface area contributed by atoms with Crippen LogP contribution in [0.3, 0.4) is 0 Å². The second-order valence-electron chi connectivity index (χ2n) is 4.59. The van der Waals surface area contributed by atoms with E-state index < -0.39 is 4.92 Å². The molecule has 0 saturated heterocycles. The number of benzene rings is 2. The molecule has 0 aliphatic heterocycles. The number of para-hydroxylation sites is 1. The van der Waals surface area contributed by atoms with Gasteiger partial charge < -0.3 is 0 Å². The molecule has 0 N–H and O–H groups in total. The van der Waals surface area contributed by atoms with Crippen molar-refractivity contribution < 1.29 is 4.92 Å². The predicted molar refractivity (Wildman–Crippen MR) is 94.9 cm³/mol. The predicted octanol–water partition coefficient (Wildman–Crippen LogP) is 4.86. The molecule has 0 amide bonds. The van der Waals surface area contributed by atoms with Gasteiger partial charge in [0.25, 0.3) is 5.69 Å². The highest BCUT2D eigenvalue weighted by atomic mass is 32.2. The Hall–Kier alpha value is -2.03. The molecule has 3 aromatic rings. The zero-order valence-corrected chi connectivity index (χ0v) is 14.2. The first-order chi connectivity index (χ1) is 11.1. The van der Waals surface area contributed by atoms with Crippen LogP contribution in [0, 0.1) is 14.1 Å². The molecule has 1 aromatic heterocycles. The molecule has 1 heterocycles. The highest BCUT2D eigenvalue weighted by Gasteiger charge is 2.08. The molecule has 0 radical (unpaired) electrons. The number of non-ortho nitro benzene ring substituents is 1. The summed E-state index contributed by atoms with van der Waals surface area (Å²) in [7, 11) is 0. The number of hydrogen-bond acceptors (Lipinski definition) is 6. The van der Waals surface area contributed by atoms with E-state index in [1.807, 2.05) is 30.3 Å². The minimum absolute atomic E-state index is 0.0998. The highest BCUT2D eigenvalue weighted by molar-refractivity contribution is 8.00. The molecule has 3 rings (SSSR count). The fourth-order valence-corrected chi connectivity index (χ4v) is 4.23. The lowest BCUT2D eigenvalue weighted by atomic mass is 10.2. The van der Waals surface area contributed by atoms with Crippen molar-refractivity contribution in [3.63, 3.8) is 0 Å². The SMILES string of the molecule is O=[N+]([O-])c1ccc(CSc2nn(-c3ccccc3)c(=S)s2)cc1. The van der Waals surface area contributed by atoms with E-state index in [4.69, 9.17) is 12.2 Å². The number of hydrogen-bond donors (Lipinski definition) is 0. The van der Waals surface area contributed by atoms with Gasteiger partial charge in [0.15, 0.2) is 8.29 Å². The van der Waals surface area contributed by atoms with Gasteiger partial charge in [-0.3, -0.25) is 10.1 Å². The second kappa shape index (κ2) is 7.03. The van der Waals surface area contributed by atoms with E-state index in [2.05, 4.69) is 5.10 Å². The van der Waals surface area contributed by atoms with Gasteiger partial charge in [0, 0.05) is 17.9 Å². The zero-order chi connectivity index (χ0) is 16.2. The molecular weight excluding hydrogens is 350 g/mol. The molecule has 0 saturated carbocycles. The molecule has 23 heavy (non-hydrogen) atoms. The molecule has 0 fully saturated rings. The summed E-state index contributed by atoms with van der Waals surface area (Å²) in [6, 6.07) is 16.3. The number of nitro groups is 1. The molecule has 5 nitrogen and oxygen atoms in total. The molecular formula is C15H11N3O2S3. The second-order valence-corrected chi connectivity index (χ2v) is 7.44. The summed E-state index contributed by atoms with van der Waals surface area (Å²) in [5.74, 6) is 0.690. The normalized spacial score (nSPS) is 10.6. The van der Waals surface area contributed by atoms with Crippen LogP contribution in [0.5, 0.6) is 0 Å². The third kappa shape index (κ3) is 3.84. The largest absolute Gasteiger partial charge is 0.269 e. The maximum absolute atomic E-state index is 10.6. The molecule has 8 heteroatoms. The van der Waals surface area contributed by atoms with Gasteiger partial charge in [-0.2, -0.15) is 0 Å². The van der Waals surface area contributed by atoms with Crippen molar-refractivity contribution >= 4 is 41.0 Å². The van der Waals surface area contributed by atoms with E-state index in [9.17, 15) is 10.1 Å². The monoisotopic (exact) mass is 361 g/mol. The Morgan fingerprint density at radius 2 is 1.87 bits per heavy atom. The van der Waals surface area contributed by atoms with Crippen molar-refractivity contribution in [2.45, 2.75) is 10.1 Å². The van der Waals surface area contributed by atoms with Gasteiger partial charge in [-0.05, 0) is 29.9 Å². The third-order valence-electron chi connectivity index (χ3n) is 3.04. The maximum atomic E-state index is 10.6. The lowest BCUT2D eigenvalue weighted by Crippen LogP contribution is -1.95. The Kier molecular flexibility index (Phi) is 4.85. The van der Waals surface area contributed by atoms with Crippen LogP contribution in [0.2, 0.25) is 0 Å². The van der Waals surface area contributed by atoms with Gasteiger partial charge in [-0.15, -0.1) is 5.10 Å². The van der Waals surface area contributed by atoms with Gasteiger partial charge in [0.2, 0.25) is 0 Å².